The molecule has 2 aromatic carbocycles. The molecular formula is C18H18O3. The van der Waals surface area contributed by atoms with Gasteiger partial charge in [-0.3, -0.25) is 4.79 Å². The molecule has 0 aliphatic carbocycles. The predicted octanol–water partition coefficient (Wildman–Crippen LogP) is 3.55. The van der Waals surface area contributed by atoms with E-state index < -0.39 is 11.4 Å². The lowest BCUT2D eigenvalue weighted by Gasteiger charge is -2.28. The largest absolute Gasteiger partial charge is 0.347 e. The van der Waals surface area contributed by atoms with Crippen LogP contribution in [0.2, 0.25) is 0 Å². The summed E-state index contributed by atoms with van der Waals surface area (Å²) in [5.41, 5.74) is 0.374. The molecule has 0 radical (unpaired) electrons. The first-order chi connectivity index (χ1) is 10.0. The molecule has 1 atom stereocenters. The summed E-state index contributed by atoms with van der Waals surface area (Å²) in [7, 11) is 0. The van der Waals surface area contributed by atoms with Gasteiger partial charge in [-0.05, 0) is 19.4 Å². The fourth-order valence-corrected chi connectivity index (χ4v) is 2.67. The molecule has 0 amide bonds. The van der Waals surface area contributed by atoms with Crippen LogP contribution in [0, 0.1) is 0 Å². The highest BCUT2D eigenvalue weighted by Gasteiger charge is 2.52. The van der Waals surface area contributed by atoms with Crippen LogP contribution in [0.25, 0.3) is 0 Å². The molecule has 0 bridgehead atoms. The van der Waals surface area contributed by atoms with Crippen molar-refractivity contribution in [1.29, 1.82) is 0 Å². The second-order valence-electron chi connectivity index (χ2n) is 5.68. The zero-order valence-electron chi connectivity index (χ0n) is 12.2. The van der Waals surface area contributed by atoms with Crippen molar-refractivity contribution in [2.75, 3.05) is 6.61 Å². The van der Waals surface area contributed by atoms with Gasteiger partial charge < -0.3 is 9.47 Å². The molecule has 108 valence electrons. The van der Waals surface area contributed by atoms with Crippen LogP contribution in [0.5, 0.6) is 0 Å². The smallest absolute Gasteiger partial charge is 0.201 e. The SMILES string of the molecule is CC1(C)OCC(C(=O)c2ccccc2)(c2ccccc2)O1. The third-order valence-corrected chi connectivity index (χ3v) is 3.69. The lowest BCUT2D eigenvalue weighted by atomic mass is 9.86. The number of hydrogen-bond donors (Lipinski definition) is 0. The summed E-state index contributed by atoms with van der Waals surface area (Å²) in [4.78, 5) is 13.1. The van der Waals surface area contributed by atoms with Crippen molar-refractivity contribution in [3.63, 3.8) is 0 Å². The van der Waals surface area contributed by atoms with Gasteiger partial charge in [-0.25, -0.2) is 0 Å². The second-order valence-corrected chi connectivity index (χ2v) is 5.68. The Kier molecular flexibility index (Phi) is 3.40. The molecule has 1 saturated heterocycles. The number of ether oxygens (including phenoxy) is 2. The Bertz CT molecular complexity index is 634. The Morgan fingerprint density at radius 3 is 2.05 bits per heavy atom. The Balaban J connectivity index is 2.08. The summed E-state index contributed by atoms with van der Waals surface area (Å²) < 4.78 is 11.8. The molecule has 21 heavy (non-hydrogen) atoms. The normalized spacial score (nSPS) is 23.9. The molecule has 1 heterocycles. The molecule has 3 heteroatoms. The summed E-state index contributed by atoms with van der Waals surface area (Å²) in [6.07, 6.45) is 0. The standard InChI is InChI=1S/C18H18O3/c1-17(2)20-13-18(21-17,15-11-7-4-8-12-15)16(19)14-9-5-3-6-10-14/h3-12H,13H2,1-2H3. The van der Waals surface area contributed by atoms with Crippen LogP contribution in [-0.2, 0) is 15.1 Å². The van der Waals surface area contributed by atoms with Crippen LogP contribution in [-0.4, -0.2) is 18.2 Å². The van der Waals surface area contributed by atoms with E-state index in [4.69, 9.17) is 9.47 Å². The van der Waals surface area contributed by atoms with Crippen LogP contribution in [0.4, 0.5) is 0 Å². The summed E-state index contributed by atoms with van der Waals surface area (Å²) >= 11 is 0. The average molecular weight is 282 g/mol. The van der Waals surface area contributed by atoms with E-state index in [1.54, 1.807) is 0 Å². The first-order valence-electron chi connectivity index (χ1n) is 7.03. The van der Waals surface area contributed by atoms with Crippen molar-refractivity contribution >= 4 is 5.78 Å². The second kappa shape index (κ2) is 5.10. The third kappa shape index (κ3) is 2.50. The fraction of sp³-hybridized carbons (Fsp3) is 0.278. The van der Waals surface area contributed by atoms with Crippen molar-refractivity contribution in [2.24, 2.45) is 0 Å². The molecule has 0 saturated carbocycles. The lowest BCUT2D eigenvalue weighted by molar-refractivity contribution is -0.153. The van der Waals surface area contributed by atoms with Gasteiger partial charge in [0.15, 0.2) is 11.4 Å². The van der Waals surface area contributed by atoms with Gasteiger partial charge in [-0.2, -0.15) is 0 Å². The highest BCUT2D eigenvalue weighted by molar-refractivity contribution is 6.03. The summed E-state index contributed by atoms with van der Waals surface area (Å²) in [5.74, 6) is -0.847. The van der Waals surface area contributed by atoms with Crippen molar-refractivity contribution in [3.05, 3.63) is 71.8 Å². The number of hydrogen-bond acceptors (Lipinski definition) is 3. The molecule has 1 fully saturated rings. The molecule has 1 aliphatic rings. The summed E-state index contributed by atoms with van der Waals surface area (Å²) in [6, 6.07) is 18.8. The predicted molar refractivity (Wildman–Crippen MR) is 80.0 cm³/mol. The molecule has 2 aromatic rings. The van der Waals surface area contributed by atoms with Gasteiger partial charge in [0, 0.05) is 5.56 Å². The summed E-state index contributed by atoms with van der Waals surface area (Å²) in [5, 5.41) is 0. The maximum absolute atomic E-state index is 13.1. The number of carbonyl (C=O) groups excluding carboxylic acids is 1. The van der Waals surface area contributed by atoms with Gasteiger partial charge in [-0.15, -0.1) is 0 Å². The van der Waals surface area contributed by atoms with Crippen LogP contribution < -0.4 is 0 Å². The Morgan fingerprint density at radius 1 is 0.952 bits per heavy atom. The van der Waals surface area contributed by atoms with Gasteiger partial charge in [-0.1, -0.05) is 60.7 Å². The summed E-state index contributed by atoms with van der Waals surface area (Å²) in [6.45, 7) is 3.88. The van der Waals surface area contributed by atoms with Gasteiger partial charge in [0.05, 0.1) is 6.61 Å². The number of benzene rings is 2. The van der Waals surface area contributed by atoms with E-state index >= 15 is 0 Å². The van der Waals surface area contributed by atoms with E-state index in [9.17, 15) is 4.79 Å². The number of ketones is 1. The maximum atomic E-state index is 13.1. The molecular weight excluding hydrogens is 264 g/mol. The van der Waals surface area contributed by atoms with E-state index in [-0.39, 0.29) is 12.4 Å². The lowest BCUT2D eigenvalue weighted by Crippen LogP contribution is -2.40. The van der Waals surface area contributed by atoms with Crippen molar-refractivity contribution in [1.82, 2.24) is 0 Å². The molecule has 3 rings (SSSR count). The van der Waals surface area contributed by atoms with Crippen molar-refractivity contribution in [3.8, 4) is 0 Å². The first kappa shape index (κ1) is 14.0. The molecule has 3 nitrogen and oxygen atoms in total. The third-order valence-electron chi connectivity index (χ3n) is 3.69. The molecule has 0 spiro atoms. The van der Waals surface area contributed by atoms with E-state index in [0.717, 1.165) is 5.56 Å². The highest BCUT2D eigenvalue weighted by Crippen LogP contribution is 2.41. The van der Waals surface area contributed by atoms with E-state index in [0.29, 0.717) is 5.56 Å². The molecule has 0 aromatic heterocycles. The maximum Gasteiger partial charge on any atom is 0.201 e. The zero-order chi connectivity index (χ0) is 14.9. The minimum atomic E-state index is -1.08. The Hall–Kier alpha value is -1.97. The van der Waals surface area contributed by atoms with E-state index in [2.05, 4.69) is 0 Å². The molecule has 1 unspecified atom stereocenters. The first-order valence-corrected chi connectivity index (χ1v) is 7.03. The van der Waals surface area contributed by atoms with E-state index in [1.165, 1.54) is 0 Å². The molecule has 0 N–H and O–H groups in total. The Labute approximate surface area is 124 Å². The number of carbonyl (C=O) groups is 1. The topological polar surface area (TPSA) is 35.5 Å². The fourth-order valence-electron chi connectivity index (χ4n) is 2.67. The van der Waals surface area contributed by atoms with Gasteiger partial charge in [0.1, 0.15) is 0 Å². The average Bonchev–Trinajstić information content (AvgIpc) is 2.85. The zero-order valence-corrected chi connectivity index (χ0v) is 12.2. The number of rotatable bonds is 3. The minimum absolute atomic E-state index is 0.0696. The van der Waals surface area contributed by atoms with Crippen LogP contribution in [0.1, 0.15) is 29.8 Å². The molecule has 1 aliphatic heterocycles. The van der Waals surface area contributed by atoms with Crippen molar-refractivity contribution in [2.45, 2.75) is 25.2 Å². The van der Waals surface area contributed by atoms with Crippen molar-refractivity contribution < 1.29 is 14.3 Å². The number of Topliss-reactive ketones (excluding diaryl/α,β-unsaturated/α-hetero) is 1. The van der Waals surface area contributed by atoms with Gasteiger partial charge >= 0.3 is 0 Å². The van der Waals surface area contributed by atoms with Crippen LogP contribution in [0.3, 0.4) is 0 Å². The van der Waals surface area contributed by atoms with Crippen LogP contribution >= 0.6 is 0 Å². The van der Waals surface area contributed by atoms with Gasteiger partial charge in [0.25, 0.3) is 0 Å². The van der Waals surface area contributed by atoms with Gasteiger partial charge in [0.2, 0.25) is 5.78 Å². The van der Waals surface area contributed by atoms with E-state index in [1.807, 2.05) is 74.5 Å². The Morgan fingerprint density at radius 2 is 1.52 bits per heavy atom. The minimum Gasteiger partial charge on any atom is -0.347 e. The van der Waals surface area contributed by atoms with Crippen LogP contribution in [0.15, 0.2) is 60.7 Å². The quantitative estimate of drug-likeness (QED) is 0.808. The monoisotopic (exact) mass is 282 g/mol. The highest BCUT2D eigenvalue weighted by atomic mass is 16.8.